The highest BCUT2D eigenvalue weighted by atomic mass is 31.1. The Kier molecular flexibility index (Phi) is 5.37. The van der Waals surface area contributed by atoms with Gasteiger partial charge in [0.25, 0.3) is 0 Å². The van der Waals surface area contributed by atoms with Gasteiger partial charge in [0.15, 0.2) is 12.1 Å². The lowest BCUT2D eigenvalue weighted by Gasteiger charge is -2.10. The molecule has 1 fully saturated rings. The van der Waals surface area contributed by atoms with Crippen molar-refractivity contribution in [2.45, 2.75) is 18.9 Å². The van der Waals surface area contributed by atoms with Crippen LogP contribution in [0.15, 0.2) is 0 Å². The molecule has 6 heteroatoms. The number of rotatable bonds is 5. The molecule has 5 nitrogen and oxygen atoms in total. The molecule has 0 aromatic carbocycles. The number of ether oxygens (including phenoxy) is 2. The molecule has 0 bridgehead atoms. The van der Waals surface area contributed by atoms with Crippen molar-refractivity contribution in [3.8, 4) is 6.07 Å². The molecule has 0 saturated carbocycles. The van der Waals surface area contributed by atoms with Gasteiger partial charge in [-0.05, 0) is 12.8 Å². The Morgan fingerprint density at radius 1 is 1.75 bits per heavy atom. The van der Waals surface area contributed by atoms with Gasteiger partial charge in [0.1, 0.15) is 13.3 Å². The molecule has 0 N–H and O–H groups in total. The zero-order valence-corrected chi connectivity index (χ0v) is 10.1. The van der Waals surface area contributed by atoms with Crippen molar-refractivity contribution in [2.24, 2.45) is 5.92 Å². The summed E-state index contributed by atoms with van der Waals surface area (Å²) in [6, 6.07) is 1.81. The highest BCUT2D eigenvalue weighted by Crippen LogP contribution is 2.20. The molecule has 16 heavy (non-hydrogen) atoms. The minimum atomic E-state index is -1.50. The first-order valence-electron chi connectivity index (χ1n) is 5.19. The summed E-state index contributed by atoms with van der Waals surface area (Å²) in [7, 11) is -1.50. The van der Waals surface area contributed by atoms with E-state index in [0.717, 1.165) is 12.8 Å². The molecule has 0 amide bonds. The van der Waals surface area contributed by atoms with Crippen LogP contribution in [0.1, 0.15) is 12.8 Å². The predicted molar refractivity (Wildman–Crippen MR) is 57.4 cm³/mol. The van der Waals surface area contributed by atoms with Gasteiger partial charge in [0.2, 0.25) is 0 Å². The summed E-state index contributed by atoms with van der Waals surface area (Å²) in [4.78, 5) is 11.4. The minimum Gasteiger partial charge on any atom is -0.462 e. The third-order valence-electron chi connectivity index (χ3n) is 2.32. The van der Waals surface area contributed by atoms with Crippen molar-refractivity contribution in [1.29, 1.82) is 5.26 Å². The average molecular weight is 244 g/mol. The van der Waals surface area contributed by atoms with Crippen molar-refractivity contribution in [3.05, 3.63) is 0 Å². The normalized spacial score (nSPS) is 22.2. The number of hydrogen-bond acceptors (Lipinski definition) is 5. The van der Waals surface area contributed by atoms with E-state index in [2.05, 4.69) is 0 Å². The summed E-state index contributed by atoms with van der Waals surface area (Å²) in [5.41, 5.74) is 0. The largest absolute Gasteiger partial charge is 0.462 e. The summed E-state index contributed by atoms with van der Waals surface area (Å²) in [5.74, 6) is -1.52. The fourth-order valence-electron chi connectivity index (χ4n) is 1.48. The lowest BCUT2D eigenvalue weighted by atomic mass is 10.2. The number of carbonyl (C=O) groups excluding carboxylic acids is 1. The Labute approximate surface area is 95.5 Å². The number of nitrogens with zero attached hydrogens (tertiary/aromatic N) is 1. The van der Waals surface area contributed by atoms with Crippen LogP contribution in [0.25, 0.3) is 0 Å². The molecular formula is C10H15NO4P+. The summed E-state index contributed by atoms with van der Waals surface area (Å²) in [6.45, 7) is 2.38. The van der Waals surface area contributed by atoms with Crippen LogP contribution in [0.5, 0.6) is 0 Å². The van der Waals surface area contributed by atoms with Crippen LogP contribution in [0.4, 0.5) is 0 Å². The minimum absolute atomic E-state index is 0.0429. The van der Waals surface area contributed by atoms with Crippen LogP contribution in [0, 0.1) is 17.2 Å². The van der Waals surface area contributed by atoms with Crippen LogP contribution in [0.3, 0.4) is 0 Å². The molecule has 0 aromatic heterocycles. The molecule has 1 saturated heterocycles. The van der Waals surface area contributed by atoms with Gasteiger partial charge in [-0.2, -0.15) is 5.26 Å². The second kappa shape index (κ2) is 6.57. The third kappa shape index (κ3) is 4.26. The van der Waals surface area contributed by atoms with Crippen LogP contribution in [-0.2, 0) is 18.8 Å². The summed E-state index contributed by atoms with van der Waals surface area (Å²) in [5, 5.41) is 8.73. The van der Waals surface area contributed by atoms with Gasteiger partial charge in [0.05, 0.1) is 12.2 Å². The van der Waals surface area contributed by atoms with E-state index >= 15 is 0 Å². The Morgan fingerprint density at radius 3 is 3.00 bits per heavy atom. The van der Waals surface area contributed by atoms with Crippen molar-refractivity contribution in [3.63, 3.8) is 0 Å². The second-order valence-electron chi connectivity index (χ2n) is 3.76. The first kappa shape index (κ1) is 13.1. The number of esters is 1. The number of hydrogen-bond donors (Lipinski definition) is 0. The van der Waals surface area contributed by atoms with Gasteiger partial charge < -0.3 is 9.47 Å². The molecule has 1 heterocycles. The van der Waals surface area contributed by atoms with Gasteiger partial charge in [-0.3, -0.25) is 4.79 Å². The molecular weight excluding hydrogens is 229 g/mol. The van der Waals surface area contributed by atoms with E-state index in [1.807, 2.05) is 6.07 Å². The van der Waals surface area contributed by atoms with Crippen molar-refractivity contribution >= 4 is 13.8 Å². The lowest BCUT2D eigenvalue weighted by molar-refractivity contribution is -0.149. The maximum absolute atomic E-state index is 11.4. The predicted octanol–water partition coefficient (Wildman–Crippen LogP) is 1.31. The van der Waals surface area contributed by atoms with Gasteiger partial charge in [-0.25, -0.2) is 0 Å². The molecule has 88 valence electrons. The van der Waals surface area contributed by atoms with Crippen LogP contribution < -0.4 is 0 Å². The number of carbonyl (C=O) groups is 1. The second-order valence-corrected chi connectivity index (χ2v) is 5.38. The van der Waals surface area contributed by atoms with E-state index in [1.54, 1.807) is 0 Å². The molecule has 1 aliphatic heterocycles. The topological polar surface area (TPSA) is 76.4 Å². The zero-order chi connectivity index (χ0) is 12.0. The molecule has 1 rings (SSSR count). The standard InChI is InChI=1S/C10H15NO4P/c1-16(13)7-8(5-11)10(12)15-6-9-3-2-4-14-9/h8-9H,2-4,6-7H2,1H3/q+1. The Bertz CT molecular complexity index is 306. The fraction of sp³-hybridized carbons (Fsp3) is 0.800. The first-order valence-corrected chi connectivity index (χ1v) is 7.09. The number of nitriles is 1. The van der Waals surface area contributed by atoms with E-state index in [4.69, 9.17) is 14.7 Å². The highest BCUT2D eigenvalue weighted by Gasteiger charge is 2.28. The smallest absolute Gasteiger partial charge is 0.337 e. The van der Waals surface area contributed by atoms with E-state index in [-0.39, 0.29) is 18.9 Å². The van der Waals surface area contributed by atoms with Gasteiger partial charge in [-0.1, -0.05) is 4.57 Å². The molecule has 3 unspecified atom stereocenters. The summed E-state index contributed by atoms with van der Waals surface area (Å²) >= 11 is 0. The highest BCUT2D eigenvalue weighted by molar-refractivity contribution is 7.43. The van der Waals surface area contributed by atoms with E-state index < -0.39 is 19.7 Å². The van der Waals surface area contributed by atoms with Gasteiger partial charge in [-0.15, -0.1) is 0 Å². The van der Waals surface area contributed by atoms with Crippen molar-refractivity contribution in [1.82, 2.24) is 0 Å². The summed E-state index contributed by atoms with van der Waals surface area (Å²) in [6.07, 6.45) is 1.88. The fourth-order valence-corrected chi connectivity index (χ4v) is 2.22. The molecule has 0 radical (unpaired) electrons. The molecule has 0 spiro atoms. The van der Waals surface area contributed by atoms with Gasteiger partial charge >= 0.3 is 13.8 Å². The Hall–Kier alpha value is -0.980. The maximum Gasteiger partial charge on any atom is 0.337 e. The quantitative estimate of drug-likeness (QED) is 0.538. The van der Waals surface area contributed by atoms with Gasteiger partial charge in [0, 0.05) is 6.61 Å². The van der Waals surface area contributed by atoms with E-state index in [9.17, 15) is 9.36 Å². The Balaban J connectivity index is 2.31. The SMILES string of the molecule is C[P+](=O)CC(C#N)C(=O)OCC1CCCO1. The van der Waals surface area contributed by atoms with E-state index in [1.165, 1.54) is 6.66 Å². The summed E-state index contributed by atoms with van der Waals surface area (Å²) < 4.78 is 21.2. The molecule has 0 aromatic rings. The first-order chi connectivity index (χ1) is 7.63. The van der Waals surface area contributed by atoms with Crippen molar-refractivity contribution < 1.29 is 18.8 Å². The third-order valence-corrected chi connectivity index (χ3v) is 3.19. The maximum atomic E-state index is 11.4. The van der Waals surface area contributed by atoms with Crippen LogP contribution in [-0.4, -0.2) is 38.1 Å². The molecule has 0 aliphatic carbocycles. The Morgan fingerprint density at radius 2 is 2.50 bits per heavy atom. The van der Waals surface area contributed by atoms with Crippen LogP contribution in [0.2, 0.25) is 0 Å². The van der Waals surface area contributed by atoms with Crippen molar-refractivity contribution in [2.75, 3.05) is 26.0 Å². The van der Waals surface area contributed by atoms with Crippen LogP contribution >= 0.6 is 7.80 Å². The zero-order valence-electron chi connectivity index (χ0n) is 9.22. The molecule has 3 atom stereocenters. The molecule has 1 aliphatic rings. The average Bonchev–Trinajstić information content (AvgIpc) is 2.75. The monoisotopic (exact) mass is 244 g/mol. The lowest BCUT2D eigenvalue weighted by Crippen LogP contribution is -2.23. The van der Waals surface area contributed by atoms with E-state index in [0.29, 0.717) is 6.61 Å².